The SMILES string of the molecule is c1ccc(-c2ccc(N(c3ccccc3-c3ccc4ccccc4c3)c3cc4ccc5ccccc5c4c4ccccc34)cc2)cc1. The van der Waals surface area contributed by atoms with Crippen LogP contribution in [0.4, 0.5) is 17.1 Å². The highest BCUT2D eigenvalue weighted by molar-refractivity contribution is 6.23. The van der Waals surface area contributed by atoms with E-state index in [2.05, 4.69) is 193 Å². The van der Waals surface area contributed by atoms with Crippen molar-refractivity contribution in [3.63, 3.8) is 0 Å². The maximum absolute atomic E-state index is 2.45. The zero-order valence-corrected chi connectivity index (χ0v) is 25.8. The summed E-state index contributed by atoms with van der Waals surface area (Å²) >= 11 is 0. The fourth-order valence-corrected chi connectivity index (χ4v) is 7.15. The van der Waals surface area contributed by atoms with Crippen LogP contribution < -0.4 is 4.90 Å². The number of rotatable bonds is 5. The van der Waals surface area contributed by atoms with Crippen molar-refractivity contribution in [1.29, 1.82) is 0 Å². The van der Waals surface area contributed by atoms with E-state index in [9.17, 15) is 0 Å². The van der Waals surface area contributed by atoms with E-state index in [1.165, 1.54) is 65.3 Å². The summed E-state index contributed by atoms with van der Waals surface area (Å²) in [6, 6.07) is 68.3. The Bertz CT molecular complexity index is 2560. The van der Waals surface area contributed by atoms with Crippen molar-refractivity contribution in [3.05, 3.63) is 188 Å². The molecule has 220 valence electrons. The van der Waals surface area contributed by atoms with Gasteiger partial charge in [-0.25, -0.2) is 0 Å². The Morgan fingerprint density at radius 3 is 1.70 bits per heavy atom. The molecule has 0 unspecified atom stereocenters. The molecule has 0 radical (unpaired) electrons. The summed E-state index contributed by atoms with van der Waals surface area (Å²) in [5.41, 5.74) is 8.21. The average Bonchev–Trinajstić information content (AvgIpc) is 3.15. The molecule has 0 amide bonds. The summed E-state index contributed by atoms with van der Waals surface area (Å²) < 4.78 is 0. The zero-order chi connectivity index (χ0) is 31.2. The zero-order valence-electron chi connectivity index (χ0n) is 25.8. The van der Waals surface area contributed by atoms with Gasteiger partial charge >= 0.3 is 0 Å². The Hall–Kier alpha value is -6.18. The molecule has 0 N–H and O–H groups in total. The van der Waals surface area contributed by atoms with Gasteiger partial charge in [0.05, 0.1) is 11.4 Å². The highest BCUT2D eigenvalue weighted by atomic mass is 15.1. The molecule has 0 aliphatic carbocycles. The Morgan fingerprint density at radius 1 is 0.298 bits per heavy atom. The molecule has 0 aromatic heterocycles. The minimum Gasteiger partial charge on any atom is -0.309 e. The van der Waals surface area contributed by atoms with E-state index < -0.39 is 0 Å². The largest absolute Gasteiger partial charge is 0.309 e. The van der Waals surface area contributed by atoms with Gasteiger partial charge < -0.3 is 4.90 Å². The van der Waals surface area contributed by atoms with Crippen LogP contribution >= 0.6 is 0 Å². The standard InChI is InChI=1S/C46H31N/c1-2-12-32(13-3-1)34-26-28-39(29-27-34)47(44-21-11-10-17-40(44)37-24-22-33-14-4-5-16-36(33)30-37)45-31-38-25-23-35-15-6-7-18-41(35)46(38)43-20-9-8-19-42(43)45/h1-31H. The smallest absolute Gasteiger partial charge is 0.0546 e. The summed E-state index contributed by atoms with van der Waals surface area (Å²) in [4.78, 5) is 2.45. The molecule has 47 heavy (non-hydrogen) atoms. The summed E-state index contributed by atoms with van der Waals surface area (Å²) in [6.07, 6.45) is 0. The van der Waals surface area contributed by atoms with Crippen molar-refractivity contribution in [2.45, 2.75) is 0 Å². The topological polar surface area (TPSA) is 3.24 Å². The van der Waals surface area contributed by atoms with Crippen molar-refractivity contribution in [3.8, 4) is 22.3 Å². The molecule has 0 saturated heterocycles. The highest BCUT2D eigenvalue weighted by Crippen LogP contribution is 2.46. The monoisotopic (exact) mass is 597 g/mol. The number of anilines is 3. The first-order valence-corrected chi connectivity index (χ1v) is 16.2. The molecular weight excluding hydrogens is 567 g/mol. The quantitative estimate of drug-likeness (QED) is 0.178. The molecule has 0 aliphatic heterocycles. The predicted octanol–water partition coefficient (Wildman–Crippen LogP) is 13.1. The molecule has 0 atom stereocenters. The number of hydrogen-bond donors (Lipinski definition) is 0. The van der Waals surface area contributed by atoms with Gasteiger partial charge in [-0.15, -0.1) is 0 Å². The first-order chi connectivity index (χ1) is 23.3. The number of para-hydroxylation sites is 1. The molecule has 0 spiro atoms. The molecule has 0 saturated carbocycles. The number of fused-ring (bicyclic) bond motifs is 6. The summed E-state index contributed by atoms with van der Waals surface area (Å²) in [5, 5.41) is 10.0. The van der Waals surface area contributed by atoms with E-state index in [1.807, 2.05) is 0 Å². The number of hydrogen-bond acceptors (Lipinski definition) is 1. The van der Waals surface area contributed by atoms with Gasteiger partial charge in [0, 0.05) is 16.6 Å². The summed E-state index contributed by atoms with van der Waals surface area (Å²) in [5.74, 6) is 0. The maximum atomic E-state index is 2.45. The normalized spacial score (nSPS) is 11.4. The molecule has 0 fully saturated rings. The summed E-state index contributed by atoms with van der Waals surface area (Å²) in [6.45, 7) is 0. The lowest BCUT2D eigenvalue weighted by Gasteiger charge is -2.30. The van der Waals surface area contributed by atoms with Crippen LogP contribution in [0.2, 0.25) is 0 Å². The lowest BCUT2D eigenvalue weighted by atomic mass is 9.94. The van der Waals surface area contributed by atoms with Gasteiger partial charge in [0.2, 0.25) is 0 Å². The molecule has 0 aliphatic rings. The Kier molecular flexibility index (Phi) is 6.54. The van der Waals surface area contributed by atoms with Crippen molar-refractivity contribution < 1.29 is 0 Å². The van der Waals surface area contributed by atoms with E-state index in [-0.39, 0.29) is 0 Å². The third kappa shape index (κ3) is 4.72. The van der Waals surface area contributed by atoms with Crippen molar-refractivity contribution >= 4 is 60.2 Å². The molecular formula is C46H31N. The Balaban J connectivity index is 1.32. The van der Waals surface area contributed by atoms with Gasteiger partial charge in [-0.05, 0) is 84.7 Å². The van der Waals surface area contributed by atoms with Crippen LogP contribution in [0.25, 0.3) is 65.3 Å². The fraction of sp³-hybridized carbons (Fsp3) is 0. The Labute approximate surface area is 274 Å². The molecule has 9 aromatic carbocycles. The predicted molar refractivity (Wildman–Crippen MR) is 202 cm³/mol. The van der Waals surface area contributed by atoms with Crippen LogP contribution in [-0.4, -0.2) is 0 Å². The minimum absolute atomic E-state index is 1.11. The third-order valence-corrected chi connectivity index (χ3v) is 9.40. The van der Waals surface area contributed by atoms with E-state index >= 15 is 0 Å². The number of nitrogens with zero attached hydrogens (tertiary/aromatic N) is 1. The molecule has 1 nitrogen and oxygen atoms in total. The average molecular weight is 598 g/mol. The second-order valence-corrected chi connectivity index (χ2v) is 12.2. The van der Waals surface area contributed by atoms with Crippen LogP contribution in [0.1, 0.15) is 0 Å². The Morgan fingerprint density at radius 2 is 0.872 bits per heavy atom. The van der Waals surface area contributed by atoms with Crippen LogP contribution in [0.5, 0.6) is 0 Å². The van der Waals surface area contributed by atoms with Gasteiger partial charge in [-0.2, -0.15) is 0 Å². The van der Waals surface area contributed by atoms with Crippen LogP contribution in [-0.2, 0) is 0 Å². The molecule has 9 rings (SSSR count). The first kappa shape index (κ1) is 27.2. The van der Waals surface area contributed by atoms with Crippen molar-refractivity contribution in [1.82, 2.24) is 0 Å². The van der Waals surface area contributed by atoms with E-state index in [4.69, 9.17) is 0 Å². The van der Waals surface area contributed by atoms with Gasteiger partial charge in [-0.3, -0.25) is 0 Å². The highest BCUT2D eigenvalue weighted by Gasteiger charge is 2.21. The molecule has 9 aromatic rings. The third-order valence-electron chi connectivity index (χ3n) is 9.40. The van der Waals surface area contributed by atoms with Gasteiger partial charge in [0.15, 0.2) is 0 Å². The van der Waals surface area contributed by atoms with Crippen molar-refractivity contribution in [2.75, 3.05) is 4.90 Å². The van der Waals surface area contributed by atoms with Crippen LogP contribution in [0.15, 0.2) is 188 Å². The lowest BCUT2D eigenvalue weighted by molar-refractivity contribution is 1.30. The summed E-state index contributed by atoms with van der Waals surface area (Å²) in [7, 11) is 0. The maximum Gasteiger partial charge on any atom is 0.0546 e. The molecule has 1 heteroatoms. The number of benzene rings is 9. The fourth-order valence-electron chi connectivity index (χ4n) is 7.15. The molecule has 0 bridgehead atoms. The van der Waals surface area contributed by atoms with Gasteiger partial charge in [-0.1, -0.05) is 158 Å². The molecule has 0 heterocycles. The second kappa shape index (κ2) is 11.3. The van der Waals surface area contributed by atoms with Crippen LogP contribution in [0.3, 0.4) is 0 Å². The second-order valence-electron chi connectivity index (χ2n) is 12.2. The van der Waals surface area contributed by atoms with E-state index in [0.29, 0.717) is 0 Å². The van der Waals surface area contributed by atoms with Gasteiger partial charge in [0.25, 0.3) is 0 Å². The lowest BCUT2D eigenvalue weighted by Crippen LogP contribution is -2.12. The van der Waals surface area contributed by atoms with Gasteiger partial charge in [0.1, 0.15) is 0 Å². The minimum atomic E-state index is 1.11. The first-order valence-electron chi connectivity index (χ1n) is 16.2. The van der Waals surface area contributed by atoms with Crippen LogP contribution in [0, 0.1) is 0 Å². The van der Waals surface area contributed by atoms with Crippen molar-refractivity contribution in [2.24, 2.45) is 0 Å². The van der Waals surface area contributed by atoms with E-state index in [0.717, 1.165) is 17.1 Å². The van der Waals surface area contributed by atoms with E-state index in [1.54, 1.807) is 0 Å².